The standard InChI is InChI=1S/C14H18N2O4/c1-2-5-14(13(19)20)6-8-16(9-14)12(18)11-10(17)4-3-7-15-11/h3-4,7,17H,2,5-6,8-9H2,1H3,(H,19,20). The summed E-state index contributed by atoms with van der Waals surface area (Å²) in [7, 11) is 0. The van der Waals surface area contributed by atoms with Gasteiger partial charge in [0.05, 0.1) is 5.41 Å². The Labute approximate surface area is 117 Å². The van der Waals surface area contributed by atoms with Gasteiger partial charge in [0.1, 0.15) is 5.75 Å². The lowest BCUT2D eigenvalue weighted by Crippen LogP contribution is -2.37. The number of aromatic nitrogens is 1. The number of amides is 1. The van der Waals surface area contributed by atoms with Gasteiger partial charge in [0, 0.05) is 19.3 Å². The first-order chi connectivity index (χ1) is 9.50. The molecule has 2 rings (SSSR count). The maximum absolute atomic E-state index is 12.3. The van der Waals surface area contributed by atoms with Crippen LogP contribution in [0.3, 0.4) is 0 Å². The molecule has 2 N–H and O–H groups in total. The highest BCUT2D eigenvalue weighted by molar-refractivity contribution is 5.95. The van der Waals surface area contributed by atoms with Crippen LogP contribution >= 0.6 is 0 Å². The number of carbonyl (C=O) groups is 2. The van der Waals surface area contributed by atoms with Crippen molar-refractivity contribution in [2.75, 3.05) is 13.1 Å². The van der Waals surface area contributed by atoms with Gasteiger partial charge in [-0.15, -0.1) is 0 Å². The number of aromatic hydroxyl groups is 1. The zero-order valence-corrected chi connectivity index (χ0v) is 11.4. The Morgan fingerprint density at radius 3 is 2.85 bits per heavy atom. The van der Waals surface area contributed by atoms with Crippen LogP contribution < -0.4 is 0 Å². The number of rotatable bonds is 4. The molecule has 108 valence electrons. The molecule has 20 heavy (non-hydrogen) atoms. The quantitative estimate of drug-likeness (QED) is 0.871. The predicted octanol–water partition coefficient (Wildman–Crippen LogP) is 1.50. The Morgan fingerprint density at radius 2 is 2.25 bits per heavy atom. The van der Waals surface area contributed by atoms with Gasteiger partial charge >= 0.3 is 5.97 Å². The topological polar surface area (TPSA) is 90.7 Å². The van der Waals surface area contributed by atoms with Gasteiger partial charge in [-0.25, -0.2) is 4.98 Å². The lowest BCUT2D eigenvalue weighted by Gasteiger charge is -2.24. The van der Waals surface area contributed by atoms with Gasteiger partial charge in [-0.1, -0.05) is 13.3 Å². The van der Waals surface area contributed by atoms with Crippen LogP contribution in [0.1, 0.15) is 36.7 Å². The number of aliphatic carboxylic acids is 1. The summed E-state index contributed by atoms with van der Waals surface area (Å²) in [5, 5.41) is 19.1. The maximum Gasteiger partial charge on any atom is 0.311 e. The van der Waals surface area contributed by atoms with E-state index in [1.807, 2.05) is 6.92 Å². The first-order valence-electron chi connectivity index (χ1n) is 6.67. The third-order valence-electron chi connectivity index (χ3n) is 3.81. The van der Waals surface area contributed by atoms with Crippen molar-refractivity contribution in [1.29, 1.82) is 0 Å². The summed E-state index contributed by atoms with van der Waals surface area (Å²) < 4.78 is 0. The second kappa shape index (κ2) is 5.48. The van der Waals surface area contributed by atoms with Gasteiger partial charge < -0.3 is 15.1 Å². The maximum atomic E-state index is 12.3. The molecule has 1 unspecified atom stereocenters. The lowest BCUT2D eigenvalue weighted by molar-refractivity contribution is -0.148. The number of carboxylic acids is 1. The molecule has 2 heterocycles. The molecule has 0 spiro atoms. The molecule has 6 heteroatoms. The molecule has 1 aliphatic rings. The molecular weight excluding hydrogens is 260 g/mol. The van der Waals surface area contributed by atoms with E-state index in [1.54, 1.807) is 0 Å². The number of carbonyl (C=O) groups excluding carboxylic acids is 1. The van der Waals surface area contributed by atoms with Crippen LogP contribution in [0, 0.1) is 5.41 Å². The van der Waals surface area contributed by atoms with Gasteiger partial charge in [-0.2, -0.15) is 0 Å². The van der Waals surface area contributed by atoms with Gasteiger partial charge in [0.25, 0.3) is 5.91 Å². The average molecular weight is 278 g/mol. The summed E-state index contributed by atoms with van der Waals surface area (Å²) in [5.41, 5.74) is -0.889. The molecule has 1 fully saturated rings. The van der Waals surface area contributed by atoms with Crippen LogP contribution in [0.2, 0.25) is 0 Å². The van der Waals surface area contributed by atoms with E-state index < -0.39 is 17.3 Å². The first kappa shape index (κ1) is 14.3. The number of nitrogens with zero attached hydrogens (tertiary/aromatic N) is 2. The second-order valence-corrected chi connectivity index (χ2v) is 5.18. The molecule has 1 aromatic heterocycles. The molecule has 0 radical (unpaired) electrons. The van der Waals surface area contributed by atoms with Crippen LogP contribution in [-0.4, -0.2) is 45.1 Å². The second-order valence-electron chi connectivity index (χ2n) is 5.18. The van der Waals surface area contributed by atoms with Gasteiger partial charge in [-0.05, 0) is 25.0 Å². The van der Waals surface area contributed by atoms with Gasteiger partial charge in [-0.3, -0.25) is 9.59 Å². The third-order valence-corrected chi connectivity index (χ3v) is 3.81. The van der Waals surface area contributed by atoms with Crippen molar-refractivity contribution in [2.45, 2.75) is 26.2 Å². The zero-order valence-electron chi connectivity index (χ0n) is 11.4. The van der Waals surface area contributed by atoms with E-state index in [-0.39, 0.29) is 18.0 Å². The van der Waals surface area contributed by atoms with Gasteiger partial charge in [0.15, 0.2) is 5.69 Å². The molecule has 0 bridgehead atoms. The SMILES string of the molecule is CCCC1(C(=O)O)CCN(C(=O)c2ncccc2O)C1. The van der Waals surface area contributed by atoms with Crippen LogP contribution in [0.4, 0.5) is 0 Å². The average Bonchev–Trinajstić information content (AvgIpc) is 2.85. The Bertz CT molecular complexity index is 532. The molecule has 1 aliphatic heterocycles. The molecule has 0 aromatic carbocycles. The molecule has 1 amide bonds. The van der Waals surface area contributed by atoms with Crippen molar-refractivity contribution >= 4 is 11.9 Å². The highest BCUT2D eigenvalue weighted by Gasteiger charge is 2.45. The smallest absolute Gasteiger partial charge is 0.311 e. The number of hydrogen-bond donors (Lipinski definition) is 2. The third kappa shape index (κ3) is 2.45. The summed E-state index contributed by atoms with van der Waals surface area (Å²) >= 11 is 0. The fourth-order valence-electron chi connectivity index (χ4n) is 2.72. The van der Waals surface area contributed by atoms with E-state index in [0.29, 0.717) is 19.4 Å². The van der Waals surface area contributed by atoms with Crippen molar-refractivity contribution in [1.82, 2.24) is 9.88 Å². The molecule has 1 saturated heterocycles. The van der Waals surface area contributed by atoms with Crippen molar-refractivity contribution in [3.05, 3.63) is 24.0 Å². The lowest BCUT2D eigenvalue weighted by atomic mass is 9.83. The molecule has 1 atom stereocenters. The van der Waals surface area contributed by atoms with E-state index in [0.717, 1.165) is 6.42 Å². The summed E-state index contributed by atoms with van der Waals surface area (Å²) in [6.07, 6.45) is 3.17. The number of carboxylic acid groups (broad SMARTS) is 1. The van der Waals surface area contributed by atoms with E-state index >= 15 is 0 Å². The fourth-order valence-corrected chi connectivity index (χ4v) is 2.72. The number of hydrogen-bond acceptors (Lipinski definition) is 4. The number of pyridine rings is 1. The van der Waals surface area contributed by atoms with Crippen molar-refractivity contribution in [3.8, 4) is 5.75 Å². The highest BCUT2D eigenvalue weighted by Crippen LogP contribution is 2.36. The number of likely N-dealkylation sites (tertiary alicyclic amines) is 1. The Balaban J connectivity index is 2.19. The molecule has 0 aliphatic carbocycles. The minimum absolute atomic E-state index is 0.0230. The van der Waals surface area contributed by atoms with E-state index in [1.165, 1.54) is 23.2 Å². The highest BCUT2D eigenvalue weighted by atomic mass is 16.4. The van der Waals surface area contributed by atoms with E-state index in [4.69, 9.17) is 0 Å². The zero-order chi connectivity index (χ0) is 14.8. The molecular formula is C14H18N2O4. The fraction of sp³-hybridized carbons (Fsp3) is 0.500. The van der Waals surface area contributed by atoms with Crippen molar-refractivity contribution in [3.63, 3.8) is 0 Å². The van der Waals surface area contributed by atoms with Crippen LogP contribution in [-0.2, 0) is 4.79 Å². The largest absolute Gasteiger partial charge is 0.505 e. The minimum Gasteiger partial charge on any atom is -0.505 e. The summed E-state index contributed by atoms with van der Waals surface area (Å²) in [4.78, 5) is 29.1. The van der Waals surface area contributed by atoms with Gasteiger partial charge in [0.2, 0.25) is 0 Å². The van der Waals surface area contributed by atoms with E-state index in [2.05, 4.69) is 4.98 Å². The van der Waals surface area contributed by atoms with Crippen LogP contribution in [0.25, 0.3) is 0 Å². The van der Waals surface area contributed by atoms with Crippen LogP contribution in [0.15, 0.2) is 18.3 Å². The summed E-state index contributed by atoms with van der Waals surface area (Å²) in [5.74, 6) is -1.46. The Hall–Kier alpha value is -2.11. The van der Waals surface area contributed by atoms with Crippen molar-refractivity contribution in [2.24, 2.45) is 5.41 Å². The monoisotopic (exact) mass is 278 g/mol. The van der Waals surface area contributed by atoms with E-state index in [9.17, 15) is 19.8 Å². The summed E-state index contributed by atoms with van der Waals surface area (Å²) in [6, 6.07) is 2.93. The Morgan fingerprint density at radius 1 is 1.50 bits per heavy atom. The predicted molar refractivity (Wildman–Crippen MR) is 71.4 cm³/mol. The van der Waals surface area contributed by atoms with Crippen LogP contribution in [0.5, 0.6) is 5.75 Å². The molecule has 0 saturated carbocycles. The molecule has 6 nitrogen and oxygen atoms in total. The molecule has 1 aromatic rings. The van der Waals surface area contributed by atoms with Crippen molar-refractivity contribution < 1.29 is 19.8 Å². The minimum atomic E-state index is -0.866. The first-order valence-corrected chi connectivity index (χ1v) is 6.67. The summed E-state index contributed by atoms with van der Waals surface area (Å²) in [6.45, 7) is 2.48. The Kier molecular flexibility index (Phi) is 3.92. The normalized spacial score (nSPS) is 21.9.